The molecule has 0 aliphatic rings. The minimum Gasteiger partial charge on any atom is -0.462 e. The summed E-state index contributed by atoms with van der Waals surface area (Å²) in [5.74, 6) is -0.363. The summed E-state index contributed by atoms with van der Waals surface area (Å²) in [6.07, 6.45) is 0.343. The highest BCUT2D eigenvalue weighted by Gasteiger charge is 2.16. The van der Waals surface area contributed by atoms with E-state index in [2.05, 4.69) is 12.1 Å². The van der Waals surface area contributed by atoms with E-state index in [1.807, 2.05) is 6.07 Å². The van der Waals surface area contributed by atoms with E-state index in [0.717, 1.165) is 5.56 Å². The Labute approximate surface area is 90.2 Å². The average Bonchev–Trinajstić information content (AvgIpc) is 2.18. The molecule has 0 aromatic heterocycles. The Bertz CT molecular complexity index is 309. The van der Waals surface area contributed by atoms with Gasteiger partial charge >= 0.3 is 5.97 Å². The SMILES string of the molecule is CC(C)OC(=O)[C@@H](N)Cc1c[c][c]cc1. The summed E-state index contributed by atoms with van der Waals surface area (Å²) in [7, 11) is 0. The third-order valence-corrected chi connectivity index (χ3v) is 1.83. The van der Waals surface area contributed by atoms with Gasteiger partial charge in [-0.15, -0.1) is 0 Å². The van der Waals surface area contributed by atoms with E-state index >= 15 is 0 Å². The van der Waals surface area contributed by atoms with Crippen LogP contribution in [0.15, 0.2) is 18.2 Å². The van der Waals surface area contributed by atoms with Crippen LogP contribution in [0.1, 0.15) is 19.4 Å². The molecule has 0 aliphatic heterocycles. The van der Waals surface area contributed by atoms with Crippen molar-refractivity contribution in [1.82, 2.24) is 0 Å². The Balaban J connectivity index is 2.49. The summed E-state index contributed by atoms with van der Waals surface area (Å²) >= 11 is 0. The van der Waals surface area contributed by atoms with E-state index in [-0.39, 0.29) is 12.1 Å². The van der Waals surface area contributed by atoms with Crippen molar-refractivity contribution >= 4 is 5.97 Å². The molecule has 1 aromatic rings. The maximum absolute atomic E-state index is 11.4. The van der Waals surface area contributed by atoms with Crippen LogP contribution in [0.5, 0.6) is 0 Å². The second-order valence-electron chi connectivity index (χ2n) is 3.64. The molecule has 1 aromatic carbocycles. The molecule has 0 bridgehead atoms. The van der Waals surface area contributed by atoms with Gasteiger partial charge in [0.1, 0.15) is 6.04 Å². The molecule has 2 N–H and O–H groups in total. The predicted octanol–water partition coefficient (Wildman–Crippen LogP) is 1.11. The molecule has 1 rings (SSSR count). The summed E-state index contributed by atoms with van der Waals surface area (Å²) in [6, 6.07) is 10.4. The highest BCUT2D eigenvalue weighted by atomic mass is 16.5. The molecule has 15 heavy (non-hydrogen) atoms. The maximum Gasteiger partial charge on any atom is 0.323 e. The van der Waals surface area contributed by atoms with Crippen molar-refractivity contribution in [3.05, 3.63) is 35.9 Å². The van der Waals surface area contributed by atoms with Crippen molar-refractivity contribution in [3.63, 3.8) is 0 Å². The lowest BCUT2D eigenvalue weighted by Gasteiger charge is -2.13. The van der Waals surface area contributed by atoms with Gasteiger partial charge in [-0.2, -0.15) is 0 Å². The standard InChI is InChI=1S/C12H15NO2/c1-9(2)15-12(14)11(13)8-10-6-4-3-5-7-10/h4,6-7,9,11H,8,13H2,1-2H3/t11-/m0/s1. The number of hydrogen-bond acceptors (Lipinski definition) is 3. The Morgan fingerprint density at radius 2 is 2.27 bits per heavy atom. The smallest absolute Gasteiger partial charge is 0.323 e. The van der Waals surface area contributed by atoms with E-state index in [9.17, 15) is 4.79 Å². The number of rotatable bonds is 4. The summed E-state index contributed by atoms with van der Waals surface area (Å²) in [4.78, 5) is 11.4. The van der Waals surface area contributed by atoms with E-state index in [0.29, 0.717) is 6.42 Å². The normalized spacial score (nSPS) is 12.5. The number of hydrogen-bond donors (Lipinski definition) is 1. The third kappa shape index (κ3) is 4.13. The Hall–Kier alpha value is -1.35. The number of benzene rings is 1. The molecule has 0 aliphatic carbocycles. The molecule has 1 atom stereocenters. The van der Waals surface area contributed by atoms with Gasteiger partial charge in [0, 0.05) is 0 Å². The highest BCUT2D eigenvalue weighted by molar-refractivity contribution is 5.76. The Kier molecular flexibility index (Phi) is 4.31. The zero-order chi connectivity index (χ0) is 11.3. The van der Waals surface area contributed by atoms with Crippen LogP contribution in [0.4, 0.5) is 0 Å². The second-order valence-corrected chi connectivity index (χ2v) is 3.64. The van der Waals surface area contributed by atoms with Gasteiger partial charge in [-0.25, -0.2) is 0 Å². The van der Waals surface area contributed by atoms with Crippen molar-refractivity contribution in [1.29, 1.82) is 0 Å². The van der Waals surface area contributed by atoms with E-state index in [1.165, 1.54) is 0 Å². The molecular weight excluding hydrogens is 190 g/mol. The van der Waals surface area contributed by atoms with Gasteiger partial charge in [0.05, 0.1) is 6.10 Å². The van der Waals surface area contributed by atoms with E-state index < -0.39 is 6.04 Å². The van der Waals surface area contributed by atoms with E-state index in [1.54, 1.807) is 26.0 Å². The van der Waals surface area contributed by atoms with Gasteiger partial charge < -0.3 is 10.5 Å². The highest BCUT2D eigenvalue weighted by Crippen LogP contribution is 2.03. The second kappa shape index (κ2) is 5.51. The lowest BCUT2D eigenvalue weighted by molar-refractivity contribution is -0.148. The quantitative estimate of drug-likeness (QED) is 0.749. The molecule has 0 amide bonds. The van der Waals surface area contributed by atoms with Crippen molar-refractivity contribution in [2.24, 2.45) is 5.73 Å². The zero-order valence-electron chi connectivity index (χ0n) is 8.99. The first kappa shape index (κ1) is 11.7. The molecule has 0 heterocycles. The van der Waals surface area contributed by atoms with Crippen LogP contribution in [-0.4, -0.2) is 18.1 Å². The van der Waals surface area contributed by atoms with Gasteiger partial charge in [-0.1, -0.05) is 18.2 Å². The fourth-order valence-corrected chi connectivity index (χ4v) is 1.16. The van der Waals surface area contributed by atoms with Gasteiger partial charge in [0.25, 0.3) is 0 Å². The van der Waals surface area contributed by atoms with Gasteiger partial charge in [0.2, 0.25) is 0 Å². The van der Waals surface area contributed by atoms with Crippen molar-refractivity contribution < 1.29 is 9.53 Å². The Morgan fingerprint density at radius 3 is 2.80 bits per heavy atom. The summed E-state index contributed by atoms with van der Waals surface area (Å²) in [5, 5.41) is 0. The Morgan fingerprint density at radius 1 is 1.53 bits per heavy atom. The fraction of sp³-hybridized carbons (Fsp3) is 0.417. The predicted molar refractivity (Wildman–Crippen MR) is 57.0 cm³/mol. The van der Waals surface area contributed by atoms with Crippen LogP contribution in [0, 0.1) is 12.1 Å². The van der Waals surface area contributed by atoms with Crippen LogP contribution >= 0.6 is 0 Å². The lowest BCUT2D eigenvalue weighted by atomic mass is 10.1. The number of esters is 1. The molecular formula is C12H15NO2. The molecule has 3 heteroatoms. The first-order chi connectivity index (χ1) is 7.09. The molecule has 80 valence electrons. The lowest BCUT2D eigenvalue weighted by Crippen LogP contribution is -2.35. The van der Waals surface area contributed by atoms with Crippen LogP contribution in [-0.2, 0) is 16.0 Å². The average molecular weight is 205 g/mol. The molecule has 2 radical (unpaired) electrons. The topological polar surface area (TPSA) is 52.3 Å². The summed E-state index contributed by atoms with van der Waals surface area (Å²) < 4.78 is 5.00. The molecule has 0 fully saturated rings. The minimum atomic E-state index is -0.608. The molecule has 0 spiro atoms. The van der Waals surface area contributed by atoms with Crippen LogP contribution in [0.25, 0.3) is 0 Å². The van der Waals surface area contributed by atoms with Crippen molar-refractivity contribution in [2.75, 3.05) is 0 Å². The fourth-order valence-electron chi connectivity index (χ4n) is 1.16. The first-order valence-electron chi connectivity index (χ1n) is 4.92. The largest absolute Gasteiger partial charge is 0.462 e. The molecule has 0 saturated carbocycles. The summed E-state index contributed by atoms with van der Waals surface area (Å²) in [6.45, 7) is 3.60. The molecule has 0 saturated heterocycles. The number of nitrogens with two attached hydrogens (primary N) is 1. The number of carbonyl (C=O) groups excluding carboxylic acids is 1. The van der Waals surface area contributed by atoms with Gasteiger partial charge in [-0.05, 0) is 38.0 Å². The van der Waals surface area contributed by atoms with Crippen LogP contribution < -0.4 is 5.73 Å². The van der Waals surface area contributed by atoms with Crippen LogP contribution in [0.2, 0.25) is 0 Å². The van der Waals surface area contributed by atoms with E-state index in [4.69, 9.17) is 10.5 Å². The maximum atomic E-state index is 11.4. The van der Waals surface area contributed by atoms with Crippen LogP contribution in [0.3, 0.4) is 0 Å². The zero-order valence-corrected chi connectivity index (χ0v) is 8.99. The number of carbonyl (C=O) groups is 1. The first-order valence-corrected chi connectivity index (χ1v) is 4.92. The molecule has 3 nitrogen and oxygen atoms in total. The van der Waals surface area contributed by atoms with Gasteiger partial charge in [-0.3, -0.25) is 4.79 Å². The monoisotopic (exact) mass is 205 g/mol. The van der Waals surface area contributed by atoms with Crippen molar-refractivity contribution in [3.8, 4) is 0 Å². The number of ether oxygens (including phenoxy) is 1. The summed E-state index contributed by atoms with van der Waals surface area (Å²) in [5.41, 5.74) is 6.66. The molecule has 0 unspecified atom stereocenters. The van der Waals surface area contributed by atoms with Gasteiger partial charge in [0.15, 0.2) is 0 Å². The minimum absolute atomic E-state index is 0.126. The van der Waals surface area contributed by atoms with Crippen molar-refractivity contribution in [2.45, 2.75) is 32.4 Å². The third-order valence-electron chi connectivity index (χ3n) is 1.83.